The van der Waals surface area contributed by atoms with Crippen molar-refractivity contribution in [2.75, 3.05) is 5.32 Å². The van der Waals surface area contributed by atoms with Gasteiger partial charge in [0.05, 0.1) is 11.8 Å². The maximum atomic E-state index is 12.2. The second kappa shape index (κ2) is 5.55. The van der Waals surface area contributed by atoms with Gasteiger partial charge in [-0.2, -0.15) is 0 Å². The average Bonchev–Trinajstić information content (AvgIpc) is 2.38. The summed E-state index contributed by atoms with van der Waals surface area (Å²) in [5, 5.41) is 2.32. The van der Waals surface area contributed by atoms with Crippen LogP contribution in [0, 0.1) is 0 Å². The largest absolute Gasteiger partial charge is 0.573 e. The minimum Gasteiger partial charge on any atom is -0.405 e. The van der Waals surface area contributed by atoms with E-state index in [0.29, 0.717) is 0 Å². The van der Waals surface area contributed by atoms with Gasteiger partial charge in [-0.15, -0.1) is 13.2 Å². The monoisotopic (exact) mass is 283 g/mol. The first-order valence-corrected chi connectivity index (χ1v) is 5.38. The molecule has 1 amide bonds. The third-order valence-electron chi connectivity index (χ3n) is 2.16. The van der Waals surface area contributed by atoms with Gasteiger partial charge in [-0.25, -0.2) is 4.98 Å². The minimum atomic E-state index is -4.87. The van der Waals surface area contributed by atoms with E-state index < -0.39 is 18.0 Å². The van der Waals surface area contributed by atoms with Gasteiger partial charge in [0, 0.05) is 12.4 Å². The Hall–Kier alpha value is -2.64. The molecule has 0 atom stereocenters. The van der Waals surface area contributed by atoms with Gasteiger partial charge < -0.3 is 10.1 Å². The molecule has 0 aliphatic heterocycles. The number of amides is 1. The fourth-order valence-corrected chi connectivity index (χ4v) is 1.42. The van der Waals surface area contributed by atoms with Gasteiger partial charge in [0.15, 0.2) is 5.82 Å². The molecule has 0 aliphatic rings. The molecule has 104 valence electrons. The summed E-state index contributed by atoms with van der Waals surface area (Å²) in [7, 11) is 0. The fourth-order valence-electron chi connectivity index (χ4n) is 1.42. The van der Waals surface area contributed by atoms with Crippen molar-refractivity contribution >= 4 is 11.7 Å². The molecule has 0 unspecified atom stereocenters. The third kappa shape index (κ3) is 3.67. The van der Waals surface area contributed by atoms with Gasteiger partial charge in [-0.05, 0) is 12.1 Å². The van der Waals surface area contributed by atoms with E-state index in [0.717, 1.165) is 6.07 Å². The molecule has 0 bridgehead atoms. The zero-order chi connectivity index (χ0) is 14.6. The average molecular weight is 283 g/mol. The molecule has 1 N–H and O–H groups in total. The van der Waals surface area contributed by atoms with E-state index in [1.165, 1.54) is 36.8 Å². The molecule has 0 aliphatic carbocycles. The summed E-state index contributed by atoms with van der Waals surface area (Å²) in [6, 6.07) is 5.03. The molecular weight excluding hydrogens is 275 g/mol. The first kappa shape index (κ1) is 13.8. The lowest BCUT2D eigenvalue weighted by Crippen LogP contribution is -2.21. The normalized spacial score (nSPS) is 10.9. The Bertz CT molecular complexity index is 602. The predicted octanol–water partition coefficient (Wildman–Crippen LogP) is 2.63. The van der Waals surface area contributed by atoms with E-state index in [-0.39, 0.29) is 11.4 Å². The van der Waals surface area contributed by atoms with Crippen LogP contribution in [0.3, 0.4) is 0 Å². The molecular formula is C12H8F3N3O2. The summed E-state index contributed by atoms with van der Waals surface area (Å²) < 4.78 is 40.5. The van der Waals surface area contributed by atoms with E-state index in [1.807, 2.05) is 0 Å². The van der Waals surface area contributed by atoms with Crippen LogP contribution >= 0.6 is 0 Å². The summed E-state index contributed by atoms with van der Waals surface area (Å²) >= 11 is 0. The Morgan fingerprint density at radius 1 is 1.20 bits per heavy atom. The van der Waals surface area contributed by atoms with Crippen molar-refractivity contribution in [1.29, 1.82) is 0 Å². The maximum absolute atomic E-state index is 12.2. The summed E-state index contributed by atoms with van der Waals surface area (Å²) in [6.45, 7) is 0. The lowest BCUT2D eigenvalue weighted by atomic mass is 10.2. The molecule has 0 saturated carbocycles. The van der Waals surface area contributed by atoms with Crippen LogP contribution in [0.25, 0.3) is 0 Å². The van der Waals surface area contributed by atoms with Crippen molar-refractivity contribution in [2.45, 2.75) is 6.36 Å². The summed E-state index contributed by atoms with van der Waals surface area (Å²) in [6.07, 6.45) is -0.863. The van der Waals surface area contributed by atoms with Crippen molar-refractivity contribution in [1.82, 2.24) is 9.97 Å². The number of hydrogen-bond acceptors (Lipinski definition) is 4. The van der Waals surface area contributed by atoms with E-state index in [9.17, 15) is 18.0 Å². The summed E-state index contributed by atoms with van der Waals surface area (Å²) in [5.74, 6) is -1.23. The number of nitrogens with zero attached hydrogens (tertiary/aromatic N) is 2. The number of benzene rings is 1. The molecule has 1 aromatic carbocycles. The quantitative estimate of drug-likeness (QED) is 0.940. The van der Waals surface area contributed by atoms with Gasteiger partial charge in [-0.1, -0.05) is 12.1 Å². The Kier molecular flexibility index (Phi) is 3.83. The first-order valence-electron chi connectivity index (χ1n) is 5.38. The van der Waals surface area contributed by atoms with Crippen molar-refractivity contribution in [3.05, 3.63) is 48.4 Å². The van der Waals surface area contributed by atoms with Crippen LogP contribution in [0.2, 0.25) is 0 Å². The highest BCUT2D eigenvalue weighted by Crippen LogP contribution is 2.26. The van der Waals surface area contributed by atoms with E-state index in [2.05, 4.69) is 20.0 Å². The predicted molar refractivity (Wildman–Crippen MR) is 63.1 cm³/mol. The molecule has 0 radical (unpaired) electrons. The second-order valence-electron chi connectivity index (χ2n) is 3.59. The van der Waals surface area contributed by atoms with Crippen LogP contribution < -0.4 is 10.1 Å². The van der Waals surface area contributed by atoms with Crippen LogP contribution in [0.1, 0.15) is 10.4 Å². The first-order chi connectivity index (χ1) is 9.46. The number of anilines is 1. The Morgan fingerprint density at radius 3 is 2.60 bits per heavy atom. The molecule has 2 rings (SSSR count). The molecule has 0 spiro atoms. The highest BCUT2D eigenvalue weighted by atomic mass is 19.4. The smallest absolute Gasteiger partial charge is 0.405 e. The number of halogens is 3. The zero-order valence-corrected chi connectivity index (χ0v) is 9.89. The molecule has 8 heteroatoms. The Morgan fingerprint density at radius 2 is 1.95 bits per heavy atom. The van der Waals surface area contributed by atoms with Crippen LogP contribution in [0.4, 0.5) is 19.0 Å². The minimum absolute atomic E-state index is 0.124. The number of rotatable bonds is 3. The van der Waals surface area contributed by atoms with Crippen LogP contribution in [0.15, 0.2) is 42.9 Å². The number of para-hydroxylation sites is 1. The van der Waals surface area contributed by atoms with Crippen LogP contribution in [-0.2, 0) is 0 Å². The van der Waals surface area contributed by atoms with Crippen LogP contribution in [0.5, 0.6) is 5.75 Å². The second-order valence-corrected chi connectivity index (χ2v) is 3.59. The van der Waals surface area contributed by atoms with Gasteiger partial charge in [0.1, 0.15) is 5.75 Å². The van der Waals surface area contributed by atoms with Crippen molar-refractivity contribution in [2.24, 2.45) is 0 Å². The zero-order valence-electron chi connectivity index (χ0n) is 9.89. The van der Waals surface area contributed by atoms with Crippen LogP contribution in [-0.4, -0.2) is 22.2 Å². The van der Waals surface area contributed by atoms with Gasteiger partial charge in [0.25, 0.3) is 5.91 Å². The maximum Gasteiger partial charge on any atom is 0.573 e. The molecule has 1 heterocycles. The molecule has 20 heavy (non-hydrogen) atoms. The lowest BCUT2D eigenvalue weighted by Gasteiger charge is -2.12. The fraction of sp³-hybridized carbons (Fsp3) is 0.0833. The van der Waals surface area contributed by atoms with Gasteiger partial charge in [0.2, 0.25) is 0 Å². The van der Waals surface area contributed by atoms with E-state index >= 15 is 0 Å². The number of hydrogen-bond donors (Lipinski definition) is 1. The number of nitrogens with one attached hydrogen (secondary N) is 1. The topological polar surface area (TPSA) is 64.1 Å². The molecule has 2 aromatic rings. The summed E-state index contributed by atoms with van der Waals surface area (Å²) in [4.78, 5) is 19.4. The van der Waals surface area contributed by atoms with Gasteiger partial charge in [-0.3, -0.25) is 9.78 Å². The molecule has 0 fully saturated rings. The molecule has 5 nitrogen and oxygen atoms in total. The van der Waals surface area contributed by atoms with Crippen molar-refractivity contribution < 1.29 is 22.7 Å². The lowest BCUT2D eigenvalue weighted by molar-refractivity contribution is -0.274. The Balaban J connectivity index is 2.22. The highest BCUT2D eigenvalue weighted by molar-refractivity contribution is 6.05. The summed E-state index contributed by atoms with van der Waals surface area (Å²) in [5.41, 5.74) is -0.254. The Labute approximate surface area is 111 Å². The van der Waals surface area contributed by atoms with Gasteiger partial charge >= 0.3 is 6.36 Å². The highest BCUT2D eigenvalue weighted by Gasteiger charge is 2.32. The van der Waals surface area contributed by atoms with Crippen molar-refractivity contribution in [3.63, 3.8) is 0 Å². The number of carbonyl (C=O) groups excluding carboxylic acids is 1. The third-order valence-corrected chi connectivity index (χ3v) is 2.16. The van der Waals surface area contributed by atoms with Crippen molar-refractivity contribution in [3.8, 4) is 5.75 Å². The standard InChI is InChI=1S/C12H8F3N3O2/c13-12(14,15)20-9-4-2-1-3-8(9)11(19)18-10-7-16-5-6-17-10/h1-7H,(H,17,18,19). The number of alkyl halides is 3. The van der Waals surface area contributed by atoms with E-state index in [4.69, 9.17) is 0 Å². The molecule has 1 aromatic heterocycles. The number of aromatic nitrogens is 2. The number of carbonyl (C=O) groups is 1. The SMILES string of the molecule is O=C(Nc1cnccn1)c1ccccc1OC(F)(F)F. The number of ether oxygens (including phenoxy) is 1. The van der Waals surface area contributed by atoms with E-state index in [1.54, 1.807) is 0 Å². The molecule has 0 saturated heterocycles.